The third-order valence-corrected chi connectivity index (χ3v) is 3.22. The summed E-state index contributed by atoms with van der Waals surface area (Å²) in [5, 5.41) is 2.21. The summed E-state index contributed by atoms with van der Waals surface area (Å²) in [7, 11) is 0. The molecule has 0 saturated carbocycles. The number of anilines is 1. The van der Waals surface area contributed by atoms with E-state index in [0.29, 0.717) is 0 Å². The summed E-state index contributed by atoms with van der Waals surface area (Å²) >= 11 is 1.67. The molecule has 1 heterocycles. The van der Waals surface area contributed by atoms with Crippen molar-refractivity contribution < 1.29 is 0 Å². The van der Waals surface area contributed by atoms with Gasteiger partial charge in [-0.05, 0) is 36.4 Å². The third-order valence-electron chi connectivity index (χ3n) is 2.12. The summed E-state index contributed by atoms with van der Waals surface area (Å²) in [4.78, 5) is 0. The lowest BCUT2D eigenvalue weighted by molar-refractivity contribution is 1.48. The minimum atomic E-state index is 0.905. The number of nitrogens with two attached hydrogens (primary N) is 1. The van der Waals surface area contributed by atoms with Crippen molar-refractivity contribution in [3.8, 4) is 0 Å². The first-order valence-corrected chi connectivity index (χ1v) is 4.75. The average Bonchev–Trinajstić information content (AvgIpc) is 2.41. The maximum Gasteiger partial charge on any atom is 0.0869 e. The van der Waals surface area contributed by atoms with E-state index in [9.17, 15) is 0 Å². The van der Waals surface area contributed by atoms with Crippen LogP contribution in [-0.4, -0.2) is 0 Å². The molecule has 0 aliphatic carbocycles. The first-order chi connectivity index (χ1) is 5.68. The normalized spacial score (nSPS) is 10.8. The zero-order chi connectivity index (χ0) is 8.72. The SMILES string of the molecule is Cc1ccc(C)c2sc(N)cc12. The lowest BCUT2D eigenvalue weighted by atomic mass is 10.1. The molecule has 2 aromatic rings. The van der Waals surface area contributed by atoms with Crippen molar-refractivity contribution in [2.75, 3.05) is 5.73 Å². The Morgan fingerprint density at radius 1 is 1.17 bits per heavy atom. The van der Waals surface area contributed by atoms with Crippen LogP contribution in [0.4, 0.5) is 5.00 Å². The molecule has 0 aliphatic heterocycles. The highest BCUT2D eigenvalue weighted by Gasteiger charge is 2.03. The van der Waals surface area contributed by atoms with Crippen molar-refractivity contribution in [1.29, 1.82) is 0 Å². The molecule has 0 unspecified atom stereocenters. The number of nitrogen functional groups attached to an aromatic ring is 1. The molecule has 2 rings (SSSR count). The van der Waals surface area contributed by atoms with E-state index >= 15 is 0 Å². The second-order valence-corrected chi connectivity index (χ2v) is 4.17. The van der Waals surface area contributed by atoms with Crippen molar-refractivity contribution >= 4 is 26.4 Å². The largest absolute Gasteiger partial charge is 0.391 e. The van der Waals surface area contributed by atoms with Gasteiger partial charge < -0.3 is 5.73 Å². The van der Waals surface area contributed by atoms with Crippen molar-refractivity contribution in [2.24, 2.45) is 0 Å². The smallest absolute Gasteiger partial charge is 0.0869 e. The molecule has 1 nitrogen and oxygen atoms in total. The fourth-order valence-electron chi connectivity index (χ4n) is 1.41. The van der Waals surface area contributed by atoms with Gasteiger partial charge in [-0.15, -0.1) is 11.3 Å². The molecule has 0 atom stereocenters. The summed E-state index contributed by atoms with van der Waals surface area (Å²) < 4.78 is 1.33. The summed E-state index contributed by atoms with van der Waals surface area (Å²) in [6.45, 7) is 4.24. The number of rotatable bonds is 0. The van der Waals surface area contributed by atoms with Crippen LogP contribution in [0.5, 0.6) is 0 Å². The molecule has 2 N–H and O–H groups in total. The first-order valence-electron chi connectivity index (χ1n) is 3.93. The van der Waals surface area contributed by atoms with E-state index in [2.05, 4.69) is 32.0 Å². The molecule has 1 aromatic carbocycles. The number of aryl methyl sites for hydroxylation is 2. The van der Waals surface area contributed by atoms with Gasteiger partial charge in [0.15, 0.2) is 0 Å². The molecule has 0 fully saturated rings. The molecule has 0 saturated heterocycles. The number of hydrogen-bond donors (Lipinski definition) is 1. The lowest BCUT2D eigenvalue weighted by Gasteiger charge is -1.97. The van der Waals surface area contributed by atoms with Crippen molar-refractivity contribution in [2.45, 2.75) is 13.8 Å². The van der Waals surface area contributed by atoms with E-state index in [0.717, 1.165) is 5.00 Å². The molecule has 0 spiro atoms. The minimum absolute atomic E-state index is 0.905. The van der Waals surface area contributed by atoms with Gasteiger partial charge in [0.05, 0.1) is 5.00 Å². The maximum atomic E-state index is 5.75. The van der Waals surface area contributed by atoms with E-state index in [-0.39, 0.29) is 0 Å². The minimum Gasteiger partial charge on any atom is -0.391 e. The van der Waals surface area contributed by atoms with E-state index < -0.39 is 0 Å². The molecule has 0 radical (unpaired) electrons. The number of thiophene rings is 1. The Labute approximate surface area is 75.8 Å². The lowest BCUT2D eigenvalue weighted by Crippen LogP contribution is -1.76. The van der Waals surface area contributed by atoms with Crippen LogP contribution in [0.3, 0.4) is 0 Å². The van der Waals surface area contributed by atoms with Gasteiger partial charge in [0.25, 0.3) is 0 Å². The Bertz CT molecular complexity index is 390. The summed E-state index contributed by atoms with van der Waals surface area (Å²) in [5.74, 6) is 0. The predicted molar refractivity (Wildman–Crippen MR) is 55.7 cm³/mol. The van der Waals surface area contributed by atoms with E-state index in [1.807, 2.05) is 0 Å². The zero-order valence-electron chi connectivity index (χ0n) is 7.22. The Morgan fingerprint density at radius 2 is 1.83 bits per heavy atom. The first kappa shape index (κ1) is 7.62. The van der Waals surface area contributed by atoms with E-state index in [1.165, 1.54) is 21.2 Å². The highest BCUT2D eigenvalue weighted by molar-refractivity contribution is 7.22. The molecule has 0 bridgehead atoms. The topological polar surface area (TPSA) is 26.0 Å². The van der Waals surface area contributed by atoms with E-state index in [4.69, 9.17) is 5.73 Å². The van der Waals surface area contributed by atoms with Gasteiger partial charge in [-0.1, -0.05) is 12.1 Å². The van der Waals surface area contributed by atoms with Crippen molar-refractivity contribution in [1.82, 2.24) is 0 Å². The van der Waals surface area contributed by atoms with Gasteiger partial charge in [0.1, 0.15) is 0 Å². The van der Waals surface area contributed by atoms with Crippen LogP contribution in [0.15, 0.2) is 18.2 Å². The van der Waals surface area contributed by atoms with Crippen LogP contribution in [-0.2, 0) is 0 Å². The highest BCUT2D eigenvalue weighted by atomic mass is 32.1. The van der Waals surface area contributed by atoms with Gasteiger partial charge in [-0.3, -0.25) is 0 Å². The molecule has 62 valence electrons. The van der Waals surface area contributed by atoms with E-state index in [1.54, 1.807) is 11.3 Å². The Kier molecular flexibility index (Phi) is 1.58. The molecule has 1 aromatic heterocycles. The molecule has 12 heavy (non-hydrogen) atoms. The third kappa shape index (κ3) is 0.994. The summed E-state index contributed by atoms with van der Waals surface area (Å²) in [6, 6.07) is 6.35. The quantitative estimate of drug-likeness (QED) is 0.657. The zero-order valence-corrected chi connectivity index (χ0v) is 8.03. The fraction of sp³-hybridized carbons (Fsp3) is 0.200. The number of benzene rings is 1. The number of hydrogen-bond acceptors (Lipinski definition) is 2. The van der Waals surface area contributed by atoms with Gasteiger partial charge >= 0.3 is 0 Å². The Hall–Kier alpha value is -1.02. The Balaban J connectivity index is 2.93. The van der Waals surface area contributed by atoms with Crippen LogP contribution < -0.4 is 5.73 Å². The fourth-order valence-corrected chi connectivity index (χ4v) is 2.38. The van der Waals surface area contributed by atoms with Crippen molar-refractivity contribution in [3.63, 3.8) is 0 Å². The van der Waals surface area contributed by atoms with Crippen molar-refractivity contribution in [3.05, 3.63) is 29.3 Å². The predicted octanol–water partition coefficient (Wildman–Crippen LogP) is 3.10. The standard InChI is InChI=1S/C10H11NS/c1-6-3-4-7(2)10-8(6)5-9(11)12-10/h3-5H,11H2,1-2H3. The summed E-state index contributed by atoms with van der Waals surface area (Å²) in [5.41, 5.74) is 8.37. The second-order valence-electron chi connectivity index (χ2n) is 3.09. The molecular weight excluding hydrogens is 166 g/mol. The highest BCUT2D eigenvalue weighted by Crippen LogP contribution is 2.32. The molecular formula is C10H11NS. The van der Waals surface area contributed by atoms with Gasteiger partial charge in [-0.2, -0.15) is 0 Å². The van der Waals surface area contributed by atoms with Crippen LogP contribution >= 0.6 is 11.3 Å². The van der Waals surface area contributed by atoms with Crippen LogP contribution in [0.25, 0.3) is 10.1 Å². The molecule has 0 amide bonds. The number of fused-ring (bicyclic) bond motifs is 1. The van der Waals surface area contributed by atoms with Crippen LogP contribution in [0, 0.1) is 13.8 Å². The van der Waals surface area contributed by atoms with Gasteiger partial charge in [0.2, 0.25) is 0 Å². The Morgan fingerprint density at radius 3 is 2.50 bits per heavy atom. The average molecular weight is 177 g/mol. The van der Waals surface area contributed by atoms with Gasteiger partial charge in [-0.25, -0.2) is 0 Å². The maximum absolute atomic E-state index is 5.75. The molecule has 0 aliphatic rings. The summed E-state index contributed by atoms with van der Waals surface area (Å²) in [6.07, 6.45) is 0. The second kappa shape index (κ2) is 2.49. The monoisotopic (exact) mass is 177 g/mol. The van der Waals surface area contributed by atoms with Crippen LogP contribution in [0.2, 0.25) is 0 Å². The molecule has 2 heteroatoms. The van der Waals surface area contributed by atoms with Crippen LogP contribution in [0.1, 0.15) is 11.1 Å². The van der Waals surface area contributed by atoms with Gasteiger partial charge in [0, 0.05) is 4.70 Å².